The van der Waals surface area contributed by atoms with E-state index in [0.29, 0.717) is 6.04 Å². The van der Waals surface area contributed by atoms with Crippen molar-refractivity contribution in [3.63, 3.8) is 0 Å². The van der Waals surface area contributed by atoms with Gasteiger partial charge in [0.25, 0.3) is 0 Å². The van der Waals surface area contributed by atoms with E-state index in [0.717, 1.165) is 17.3 Å². The Bertz CT molecular complexity index is 329. The number of nitrogens with two attached hydrogens (primary N) is 1. The van der Waals surface area contributed by atoms with Crippen molar-refractivity contribution in [3.05, 3.63) is 16.1 Å². The molecule has 1 aromatic heterocycles. The molecule has 1 unspecified atom stereocenters. The van der Waals surface area contributed by atoms with Gasteiger partial charge in [0.2, 0.25) is 0 Å². The van der Waals surface area contributed by atoms with Crippen LogP contribution >= 0.6 is 11.3 Å². The standard InChI is InChI=1S/C14H24N2S/c1-11-16-14(10-17-11)9-13(15)8-7-12-5-3-2-4-6-12/h10,12-13H,2-9,15H2,1H3. The third-order valence-corrected chi connectivity index (χ3v) is 4.63. The zero-order chi connectivity index (χ0) is 12.1. The topological polar surface area (TPSA) is 38.9 Å². The van der Waals surface area contributed by atoms with Gasteiger partial charge in [-0.05, 0) is 25.7 Å². The van der Waals surface area contributed by atoms with Crippen molar-refractivity contribution >= 4 is 11.3 Å². The number of aryl methyl sites for hydroxylation is 1. The smallest absolute Gasteiger partial charge is 0.0897 e. The van der Waals surface area contributed by atoms with Gasteiger partial charge in [-0.3, -0.25) is 0 Å². The molecule has 0 aliphatic heterocycles. The molecule has 1 aromatic rings. The fourth-order valence-electron chi connectivity index (χ4n) is 2.80. The monoisotopic (exact) mass is 252 g/mol. The molecule has 1 saturated carbocycles. The Morgan fingerprint density at radius 3 is 2.82 bits per heavy atom. The predicted octanol–water partition coefficient (Wildman–Crippen LogP) is 3.68. The van der Waals surface area contributed by atoms with E-state index in [-0.39, 0.29) is 0 Å². The van der Waals surface area contributed by atoms with Crippen LogP contribution in [0.4, 0.5) is 0 Å². The van der Waals surface area contributed by atoms with Gasteiger partial charge in [0.15, 0.2) is 0 Å². The molecule has 17 heavy (non-hydrogen) atoms. The molecule has 3 heteroatoms. The number of thiazole rings is 1. The van der Waals surface area contributed by atoms with E-state index < -0.39 is 0 Å². The van der Waals surface area contributed by atoms with Crippen molar-refractivity contribution in [2.24, 2.45) is 11.7 Å². The van der Waals surface area contributed by atoms with Crippen LogP contribution in [-0.4, -0.2) is 11.0 Å². The summed E-state index contributed by atoms with van der Waals surface area (Å²) in [5, 5.41) is 3.30. The molecule has 1 aliphatic carbocycles. The molecular formula is C14H24N2S. The summed E-state index contributed by atoms with van der Waals surface area (Å²) in [6.07, 6.45) is 10.6. The Hall–Kier alpha value is -0.410. The van der Waals surface area contributed by atoms with Crippen molar-refractivity contribution in [3.8, 4) is 0 Å². The molecule has 1 heterocycles. The molecule has 1 aliphatic rings. The Balaban J connectivity index is 1.68. The van der Waals surface area contributed by atoms with Crippen LogP contribution in [0.3, 0.4) is 0 Å². The van der Waals surface area contributed by atoms with Crippen LogP contribution in [0.5, 0.6) is 0 Å². The van der Waals surface area contributed by atoms with Gasteiger partial charge in [-0.15, -0.1) is 11.3 Å². The highest BCUT2D eigenvalue weighted by molar-refractivity contribution is 7.09. The van der Waals surface area contributed by atoms with Crippen LogP contribution in [0.15, 0.2) is 5.38 Å². The Labute approximate surface area is 109 Å². The van der Waals surface area contributed by atoms with Crippen LogP contribution < -0.4 is 5.73 Å². The molecule has 0 radical (unpaired) electrons. The van der Waals surface area contributed by atoms with Crippen molar-refractivity contribution in [2.45, 2.75) is 64.3 Å². The average Bonchev–Trinajstić information content (AvgIpc) is 2.73. The van der Waals surface area contributed by atoms with Gasteiger partial charge in [0.05, 0.1) is 10.7 Å². The third kappa shape index (κ3) is 4.40. The summed E-state index contributed by atoms with van der Waals surface area (Å²) in [5.74, 6) is 0.951. The van der Waals surface area contributed by atoms with Gasteiger partial charge >= 0.3 is 0 Å². The fourth-order valence-corrected chi connectivity index (χ4v) is 3.42. The van der Waals surface area contributed by atoms with Gasteiger partial charge in [-0.2, -0.15) is 0 Å². The molecule has 0 bridgehead atoms. The Kier molecular flexibility index (Phi) is 4.99. The lowest BCUT2D eigenvalue weighted by Crippen LogP contribution is -2.24. The van der Waals surface area contributed by atoms with E-state index in [1.165, 1.54) is 50.6 Å². The molecule has 0 aromatic carbocycles. The first kappa shape index (κ1) is 13.0. The maximum atomic E-state index is 6.20. The number of aromatic nitrogens is 1. The van der Waals surface area contributed by atoms with Crippen molar-refractivity contribution < 1.29 is 0 Å². The van der Waals surface area contributed by atoms with Gasteiger partial charge in [-0.25, -0.2) is 4.98 Å². The van der Waals surface area contributed by atoms with Crippen LogP contribution in [0.1, 0.15) is 55.6 Å². The Morgan fingerprint density at radius 1 is 1.41 bits per heavy atom. The minimum atomic E-state index is 0.304. The molecular weight excluding hydrogens is 228 g/mol. The summed E-state index contributed by atoms with van der Waals surface area (Å²) in [6.45, 7) is 2.06. The highest BCUT2D eigenvalue weighted by Gasteiger charge is 2.15. The minimum Gasteiger partial charge on any atom is -0.327 e. The summed E-state index contributed by atoms with van der Waals surface area (Å²) in [7, 11) is 0. The van der Waals surface area contributed by atoms with Crippen LogP contribution in [0.2, 0.25) is 0 Å². The van der Waals surface area contributed by atoms with E-state index in [9.17, 15) is 0 Å². The van der Waals surface area contributed by atoms with E-state index in [4.69, 9.17) is 5.73 Å². The number of nitrogens with zero attached hydrogens (tertiary/aromatic N) is 1. The van der Waals surface area contributed by atoms with Gasteiger partial charge in [0.1, 0.15) is 0 Å². The number of hydrogen-bond donors (Lipinski definition) is 1. The minimum absolute atomic E-state index is 0.304. The first-order chi connectivity index (χ1) is 8.24. The second-order valence-electron chi connectivity index (χ2n) is 5.40. The first-order valence-corrected chi connectivity index (χ1v) is 7.78. The van der Waals surface area contributed by atoms with Crippen molar-refractivity contribution in [1.82, 2.24) is 4.98 Å². The van der Waals surface area contributed by atoms with Gasteiger partial charge < -0.3 is 5.73 Å². The third-order valence-electron chi connectivity index (χ3n) is 3.81. The van der Waals surface area contributed by atoms with E-state index in [2.05, 4.69) is 17.3 Å². The highest BCUT2D eigenvalue weighted by atomic mass is 32.1. The zero-order valence-corrected chi connectivity index (χ0v) is 11.6. The normalized spacial score (nSPS) is 19.4. The van der Waals surface area contributed by atoms with Crippen LogP contribution in [-0.2, 0) is 6.42 Å². The number of hydrogen-bond acceptors (Lipinski definition) is 3. The first-order valence-electron chi connectivity index (χ1n) is 6.90. The number of rotatable bonds is 5. The van der Waals surface area contributed by atoms with E-state index >= 15 is 0 Å². The highest BCUT2D eigenvalue weighted by Crippen LogP contribution is 2.27. The maximum absolute atomic E-state index is 6.20. The van der Waals surface area contributed by atoms with E-state index in [1.807, 2.05) is 0 Å². The second-order valence-corrected chi connectivity index (χ2v) is 6.47. The molecule has 2 nitrogen and oxygen atoms in total. The largest absolute Gasteiger partial charge is 0.327 e. The molecule has 0 saturated heterocycles. The summed E-state index contributed by atoms with van der Waals surface area (Å²) >= 11 is 1.73. The van der Waals surface area contributed by atoms with Gasteiger partial charge in [-0.1, -0.05) is 32.1 Å². The molecule has 96 valence electrons. The summed E-state index contributed by atoms with van der Waals surface area (Å²) in [4.78, 5) is 4.48. The van der Waals surface area contributed by atoms with Gasteiger partial charge in [0, 0.05) is 17.8 Å². The molecule has 0 spiro atoms. The van der Waals surface area contributed by atoms with E-state index in [1.54, 1.807) is 11.3 Å². The quantitative estimate of drug-likeness (QED) is 0.868. The SMILES string of the molecule is Cc1nc(CC(N)CCC2CCCCC2)cs1. The summed E-state index contributed by atoms with van der Waals surface area (Å²) < 4.78 is 0. The summed E-state index contributed by atoms with van der Waals surface area (Å²) in [6, 6.07) is 0.304. The second kappa shape index (κ2) is 6.50. The Morgan fingerprint density at radius 2 is 2.18 bits per heavy atom. The lowest BCUT2D eigenvalue weighted by atomic mass is 9.85. The van der Waals surface area contributed by atoms with Crippen LogP contribution in [0, 0.1) is 12.8 Å². The lowest BCUT2D eigenvalue weighted by Gasteiger charge is -2.22. The molecule has 0 amide bonds. The molecule has 2 N–H and O–H groups in total. The predicted molar refractivity (Wildman–Crippen MR) is 74.3 cm³/mol. The summed E-state index contributed by atoms with van der Waals surface area (Å²) in [5.41, 5.74) is 7.38. The average molecular weight is 252 g/mol. The van der Waals surface area contributed by atoms with Crippen LogP contribution in [0.25, 0.3) is 0 Å². The van der Waals surface area contributed by atoms with Crippen molar-refractivity contribution in [2.75, 3.05) is 0 Å². The zero-order valence-electron chi connectivity index (χ0n) is 10.8. The molecule has 2 rings (SSSR count). The maximum Gasteiger partial charge on any atom is 0.0897 e. The van der Waals surface area contributed by atoms with Crippen molar-refractivity contribution in [1.29, 1.82) is 0 Å². The lowest BCUT2D eigenvalue weighted by molar-refractivity contribution is 0.322. The molecule has 1 atom stereocenters. The fraction of sp³-hybridized carbons (Fsp3) is 0.786. The molecule has 1 fully saturated rings.